The average Bonchev–Trinajstić information content (AvgIpc) is 2.12. The molecule has 0 radical (unpaired) electrons. The first-order chi connectivity index (χ1) is 6.93. The first kappa shape index (κ1) is 11.5. The number of nitrogens with two attached hydrogens (primary N) is 1. The van der Waals surface area contributed by atoms with E-state index in [2.05, 4.69) is 4.84 Å². The maximum Gasteiger partial charge on any atom is 0.299 e. The molecule has 1 amide bonds. The van der Waals surface area contributed by atoms with E-state index in [9.17, 15) is 14.9 Å². The van der Waals surface area contributed by atoms with Crippen molar-refractivity contribution in [2.75, 3.05) is 0 Å². The number of nitrogens with zero attached hydrogens (tertiary/aromatic N) is 1. The van der Waals surface area contributed by atoms with Crippen molar-refractivity contribution in [2.24, 2.45) is 5.73 Å². The molecular weight excluding hydrogens is 247 g/mol. The van der Waals surface area contributed by atoms with E-state index in [1.807, 2.05) is 0 Å². The van der Waals surface area contributed by atoms with Crippen LogP contribution >= 0.6 is 23.2 Å². The fraction of sp³-hybridized carbons (Fsp3) is 0. The lowest BCUT2D eigenvalue weighted by atomic mass is 10.2. The molecule has 0 bridgehead atoms. The minimum atomic E-state index is -1.11. The van der Waals surface area contributed by atoms with Gasteiger partial charge >= 0.3 is 0 Å². The van der Waals surface area contributed by atoms with Crippen molar-refractivity contribution in [3.05, 3.63) is 37.9 Å². The second-order valence-corrected chi connectivity index (χ2v) is 3.20. The molecule has 0 heterocycles. The Morgan fingerprint density at radius 3 is 2.53 bits per heavy atom. The van der Waals surface area contributed by atoms with Crippen LogP contribution < -0.4 is 10.6 Å². The zero-order chi connectivity index (χ0) is 11.6. The number of hydrogen-bond donors (Lipinski definition) is 1. The van der Waals surface area contributed by atoms with Crippen LogP contribution in [0.5, 0.6) is 5.75 Å². The molecule has 0 aliphatic carbocycles. The van der Waals surface area contributed by atoms with Crippen molar-refractivity contribution in [1.82, 2.24) is 0 Å². The monoisotopic (exact) mass is 250 g/mol. The molecule has 8 heteroatoms. The summed E-state index contributed by atoms with van der Waals surface area (Å²) < 4.78 is 0. The van der Waals surface area contributed by atoms with Gasteiger partial charge in [0.15, 0.2) is 5.75 Å². The van der Waals surface area contributed by atoms with E-state index in [0.29, 0.717) is 0 Å². The summed E-state index contributed by atoms with van der Waals surface area (Å²) >= 11 is 11.2. The lowest BCUT2D eigenvalue weighted by Gasteiger charge is -2.07. The molecule has 0 atom stereocenters. The van der Waals surface area contributed by atoms with Crippen molar-refractivity contribution in [2.45, 2.75) is 0 Å². The molecule has 0 spiro atoms. The van der Waals surface area contributed by atoms with Gasteiger partial charge in [0.25, 0.3) is 11.0 Å². The maximum atomic E-state index is 10.9. The summed E-state index contributed by atoms with van der Waals surface area (Å²) in [6.07, 6.45) is 0. The van der Waals surface area contributed by atoms with Crippen molar-refractivity contribution >= 4 is 29.1 Å². The average molecular weight is 251 g/mol. The van der Waals surface area contributed by atoms with Crippen molar-refractivity contribution in [3.8, 4) is 5.75 Å². The molecule has 15 heavy (non-hydrogen) atoms. The molecule has 0 aliphatic heterocycles. The number of hydrogen-bond acceptors (Lipinski definition) is 4. The highest BCUT2D eigenvalue weighted by Gasteiger charge is 2.17. The summed E-state index contributed by atoms with van der Waals surface area (Å²) in [6.45, 7) is 0. The predicted octanol–water partition coefficient (Wildman–Crippen LogP) is 1.66. The molecule has 80 valence electrons. The molecule has 0 saturated heterocycles. The molecule has 0 aliphatic rings. The van der Waals surface area contributed by atoms with Gasteiger partial charge in [0.05, 0.1) is 15.6 Å². The van der Waals surface area contributed by atoms with Crippen LogP contribution in [0.1, 0.15) is 10.4 Å². The van der Waals surface area contributed by atoms with Crippen molar-refractivity contribution < 1.29 is 14.7 Å². The van der Waals surface area contributed by atoms with E-state index in [0.717, 1.165) is 0 Å². The molecule has 1 aromatic rings. The summed E-state index contributed by atoms with van der Waals surface area (Å²) in [4.78, 5) is 25.1. The molecule has 2 N–H and O–H groups in total. The van der Waals surface area contributed by atoms with Crippen LogP contribution in [0.3, 0.4) is 0 Å². The van der Waals surface area contributed by atoms with E-state index in [1.54, 1.807) is 0 Å². The molecular formula is C7H4Cl2N2O4. The Bertz CT molecular complexity index is 435. The van der Waals surface area contributed by atoms with Gasteiger partial charge in [-0.1, -0.05) is 23.2 Å². The van der Waals surface area contributed by atoms with Crippen molar-refractivity contribution in [1.29, 1.82) is 0 Å². The van der Waals surface area contributed by atoms with Gasteiger partial charge in [0, 0.05) is 0 Å². The minimum absolute atomic E-state index is 0.0264. The third kappa shape index (κ3) is 2.48. The summed E-state index contributed by atoms with van der Waals surface area (Å²) in [5, 5.41) is 8.82. The topological polar surface area (TPSA) is 95.5 Å². The first-order valence-corrected chi connectivity index (χ1v) is 4.29. The Balaban J connectivity index is 3.34. The summed E-state index contributed by atoms with van der Waals surface area (Å²) in [5.74, 6) is -1.35. The van der Waals surface area contributed by atoms with Gasteiger partial charge in [-0.25, -0.2) is 0 Å². The fourth-order valence-corrected chi connectivity index (χ4v) is 1.24. The molecule has 1 rings (SSSR count). The molecule has 0 saturated carbocycles. The highest BCUT2D eigenvalue weighted by molar-refractivity contribution is 6.43. The quantitative estimate of drug-likeness (QED) is 0.652. The fourth-order valence-electron chi connectivity index (χ4n) is 0.890. The van der Waals surface area contributed by atoms with Crippen LogP contribution in [-0.2, 0) is 0 Å². The predicted molar refractivity (Wildman–Crippen MR) is 52.6 cm³/mol. The Morgan fingerprint density at radius 1 is 1.47 bits per heavy atom. The largest absolute Gasteiger partial charge is 0.366 e. The van der Waals surface area contributed by atoms with Crippen LogP contribution in [0.2, 0.25) is 10.0 Å². The van der Waals surface area contributed by atoms with Crippen LogP contribution in [0.25, 0.3) is 0 Å². The number of amides is 1. The van der Waals surface area contributed by atoms with E-state index in [4.69, 9.17) is 28.9 Å². The highest BCUT2D eigenvalue weighted by Crippen LogP contribution is 2.34. The second kappa shape index (κ2) is 4.33. The Kier molecular flexibility index (Phi) is 3.33. The Hall–Kier alpha value is -1.53. The highest BCUT2D eigenvalue weighted by atomic mass is 35.5. The van der Waals surface area contributed by atoms with Gasteiger partial charge in [-0.15, -0.1) is 10.1 Å². The number of carbonyl (C=O) groups is 1. The SMILES string of the molecule is NC(=O)c1ccc(Cl)c(Cl)c1O[N+](=O)[O-]. The van der Waals surface area contributed by atoms with Gasteiger partial charge in [-0.3, -0.25) is 9.63 Å². The zero-order valence-corrected chi connectivity index (χ0v) is 8.58. The number of primary amides is 1. The Labute approximate surface area is 93.6 Å². The zero-order valence-electron chi connectivity index (χ0n) is 7.07. The molecule has 6 nitrogen and oxygen atoms in total. The standard InChI is InChI=1S/C7H4Cl2N2O4/c8-4-2-1-3(7(10)12)6(5(4)9)15-11(13)14/h1-2H,(H2,10,12). The van der Waals surface area contributed by atoms with Gasteiger partial charge in [0.1, 0.15) is 0 Å². The number of halogens is 2. The van der Waals surface area contributed by atoms with Crippen LogP contribution in [0.15, 0.2) is 12.1 Å². The molecule has 1 aromatic carbocycles. The van der Waals surface area contributed by atoms with Gasteiger partial charge in [-0.05, 0) is 12.1 Å². The second-order valence-electron chi connectivity index (χ2n) is 2.42. The minimum Gasteiger partial charge on any atom is -0.366 e. The maximum absolute atomic E-state index is 10.9. The molecule has 0 fully saturated rings. The van der Waals surface area contributed by atoms with Gasteiger partial charge in [0.2, 0.25) is 0 Å². The van der Waals surface area contributed by atoms with Crippen LogP contribution in [-0.4, -0.2) is 11.0 Å². The smallest absolute Gasteiger partial charge is 0.299 e. The van der Waals surface area contributed by atoms with Gasteiger partial charge < -0.3 is 5.73 Å². The number of carbonyl (C=O) groups excluding carboxylic acids is 1. The van der Waals surface area contributed by atoms with E-state index in [1.165, 1.54) is 12.1 Å². The Morgan fingerprint density at radius 2 is 2.07 bits per heavy atom. The normalized spacial score (nSPS) is 9.73. The van der Waals surface area contributed by atoms with Crippen LogP contribution in [0, 0.1) is 10.1 Å². The molecule has 0 unspecified atom stereocenters. The van der Waals surface area contributed by atoms with Gasteiger partial charge in [-0.2, -0.15) is 0 Å². The lowest BCUT2D eigenvalue weighted by Crippen LogP contribution is -2.15. The van der Waals surface area contributed by atoms with Crippen molar-refractivity contribution in [3.63, 3.8) is 0 Å². The van der Waals surface area contributed by atoms with E-state index < -0.39 is 16.7 Å². The third-order valence-electron chi connectivity index (χ3n) is 1.48. The lowest BCUT2D eigenvalue weighted by molar-refractivity contribution is -0.711. The number of benzene rings is 1. The summed E-state index contributed by atoms with van der Waals surface area (Å²) in [7, 11) is 0. The summed E-state index contributed by atoms with van der Waals surface area (Å²) in [6, 6.07) is 2.48. The third-order valence-corrected chi connectivity index (χ3v) is 2.27. The number of rotatable bonds is 3. The summed E-state index contributed by atoms with van der Waals surface area (Å²) in [5.41, 5.74) is 4.76. The van der Waals surface area contributed by atoms with E-state index >= 15 is 0 Å². The van der Waals surface area contributed by atoms with Crippen LogP contribution in [0.4, 0.5) is 0 Å². The first-order valence-electron chi connectivity index (χ1n) is 3.53. The van der Waals surface area contributed by atoms with E-state index in [-0.39, 0.29) is 15.6 Å². The molecule has 0 aromatic heterocycles.